The van der Waals surface area contributed by atoms with Crippen molar-refractivity contribution in [2.24, 2.45) is 11.3 Å². The van der Waals surface area contributed by atoms with Gasteiger partial charge in [0.25, 0.3) is 0 Å². The van der Waals surface area contributed by atoms with Gasteiger partial charge in [0, 0.05) is 25.8 Å². The predicted octanol–water partition coefficient (Wildman–Crippen LogP) is 3.76. The molecule has 0 unspecified atom stereocenters. The van der Waals surface area contributed by atoms with Crippen molar-refractivity contribution in [2.75, 3.05) is 24.5 Å². The second kappa shape index (κ2) is 6.78. The van der Waals surface area contributed by atoms with Crippen LogP contribution in [0.2, 0.25) is 0 Å². The van der Waals surface area contributed by atoms with Gasteiger partial charge in [-0.15, -0.1) is 0 Å². The number of pyridine rings is 1. The van der Waals surface area contributed by atoms with Crippen molar-refractivity contribution in [1.82, 2.24) is 10.3 Å². The van der Waals surface area contributed by atoms with Crippen LogP contribution in [-0.2, 0) is 6.54 Å². The second-order valence-electron chi connectivity index (χ2n) is 7.70. The highest BCUT2D eigenvalue weighted by molar-refractivity contribution is 5.48. The molecule has 0 spiro atoms. The van der Waals surface area contributed by atoms with Crippen LogP contribution in [0.25, 0.3) is 0 Å². The second-order valence-corrected chi connectivity index (χ2v) is 7.70. The Kier molecular flexibility index (Phi) is 5.26. The van der Waals surface area contributed by atoms with Gasteiger partial charge in [-0.3, -0.25) is 0 Å². The van der Waals surface area contributed by atoms with Crippen molar-refractivity contribution < 1.29 is 0 Å². The molecule has 0 aromatic carbocycles. The van der Waals surface area contributed by atoms with E-state index in [0.29, 0.717) is 11.3 Å². The minimum atomic E-state index is 0.407. The summed E-state index contributed by atoms with van der Waals surface area (Å²) in [6, 6.07) is 2.29. The lowest BCUT2D eigenvalue weighted by atomic mass is 9.84. The molecule has 0 radical (unpaired) electrons. The number of aryl methyl sites for hydroxylation is 1. The molecule has 2 heterocycles. The molecule has 0 saturated carbocycles. The lowest BCUT2D eigenvalue weighted by Gasteiger charge is -2.39. The normalized spacial score (nSPS) is 18.3. The summed E-state index contributed by atoms with van der Waals surface area (Å²) in [6.07, 6.45) is 4.63. The molecule has 3 heteroatoms. The fraction of sp³-hybridized carbons (Fsp3) is 0.722. The Morgan fingerprint density at radius 3 is 2.76 bits per heavy atom. The highest BCUT2D eigenvalue weighted by Crippen LogP contribution is 2.32. The van der Waals surface area contributed by atoms with E-state index in [2.05, 4.69) is 50.9 Å². The van der Waals surface area contributed by atoms with Gasteiger partial charge in [0.05, 0.1) is 0 Å². The number of nitrogens with zero attached hydrogens (tertiary/aromatic N) is 2. The van der Waals surface area contributed by atoms with Crippen molar-refractivity contribution in [3.8, 4) is 0 Å². The van der Waals surface area contributed by atoms with Gasteiger partial charge in [-0.25, -0.2) is 4.98 Å². The van der Waals surface area contributed by atoms with Crippen molar-refractivity contribution in [2.45, 2.75) is 54.0 Å². The Hall–Kier alpha value is -1.09. The van der Waals surface area contributed by atoms with Crippen LogP contribution in [0, 0.1) is 18.3 Å². The first-order valence-corrected chi connectivity index (χ1v) is 8.28. The van der Waals surface area contributed by atoms with Crippen LogP contribution in [0.1, 0.15) is 51.7 Å². The van der Waals surface area contributed by atoms with Gasteiger partial charge >= 0.3 is 0 Å². The van der Waals surface area contributed by atoms with Crippen LogP contribution in [0.3, 0.4) is 0 Å². The van der Waals surface area contributed by atoms with Gasteiger partial charge < -0.3 is 10.2 Å². The molecule has 2 rings (SSSR count). The fourth-order valence-electron chi connectivity index (χ4n) is 3.16. The maximum atomic E-state index is 4.75. The number of rotatable bonds is 5. The Bertz CT molecular complexity index is 466. The molecule has 0 aliphatic carbocycles. The van der Waals surface area contributed by atoms with E-state index in [1.165, 1.54) is 29.8 Å². The zero-order valence-corrected chi connectivity index (χ0v) is 14.4. The molecule has 0 atom stereocenters. The summed E-state index contributed by atoms with van der Waals surface area (Å²) in [5, 5.41) is 3.49. The van der Waals surface area contributed by atoms with Crippen molar-refractivity contribution >= 4 is 5.82 Å². The monoisotopic (exact) mass is 289 g/mol. The maximum absolute atomic E-state index is 4.75. The third kappa shape index (κ3) is 4.70. The topological polar surface area (TPSA) is 28.2 Å². The molecular weight excluding hydrogens is 258 g/mol. The molecule has 1 aliphatic rings. The van der Waals surface area contributed by atoms with E-state index in [9.17, 15) is 0 Å². The van der Waals surface area contributed by atoms with Crippen molar-refractivity contribution in [3.05, 3.63) is 23.4 Å². The smallest absolute Gasteiger partial charge is 0.131 e. The highest BCUT2D eigenvalue weighted by atomic mass is 15.2. The summed E-state index contributed by atoms with van der Waals surface area (Å²) in [5.41, 5.74) is 2.99. The largest absolute Gasteiger partial charge is 0.356 e. The SMILES string of the molecule is Cc1cc(CNCC(C)C)cnc1N1CCCC(C)(C)C1. The van der Waals surface area contributed by atoms with Crippen LogP contribution < -0.4 is 10.2 Å². The summed E-state index contributed by atoms with van der Waals surface area (Å²) in [6.45, 7) is 15.6. The van der Waals surface area contributed by atoms with Gasteiger partial charge in [-0.05, 0) is 54.8 Å². The first-order valence-electron chi connectivity index (χ1n) is 8.28. The lowest BCUT2D eigenvalue weighted by Crippen LogP contribution is -2.40. The lowest BCUT2D eigenvalue weighted by molar-refractivity contribution is 0.292. The summed E-state index contributed by atoms with van der Waals surface area (Å²) >= 11 is 0. The number of hydrogen-bond donors (Lipinski definition) is 1. The maximum Gasteiger partial charge on any atom is 0.131 e. The Morgan fingerprint density at radius 1 is 1.38 bits per heavy atom. The average molecular weight is 289 g/mol. The summed E-state index contributed by atoms with van der Waals surface area (Å²) in [4.78, 5) is 7.21. The van der Waals surface area contributed by atoms with E-state index >= 15 is 0 Å². The van der Waals surface area contributed by atoms with E-state index < -0.39 is 0 Å². The molecule has 1 aromatic rings. The Balaban J connectivity index is 2.02. The number of aromatic nitrogens is 1. The molecule has 0 amide bonds. The van der Waals surface area contributed by atoms with Gasteiger partial charge in [0.15, 0.2) is 0 Å². The molecule has 1 aromatic heterocycles. The number of anilines is 1. The summed E-state index contributed by atoms with van der Waals surface area (Å²) < 4.78 is 0. The third-order valence-electron chi connectivity index (χ3n) is 4.19. The van der Waals surface area contributed by atoms with E-state index in [1.807, 2.05) is 6.20 Å². The minimum absolute atomic E-state index is 0.407. The van der Waals surface area contributed by atoms with Crippen LogP contribution >= 0.6 is 0 Å². The van der Waals surface area contributed by atoms with E-state index in [-0.39, 0.29) is 0 Å². The number of hydrogen-bond acceptors (Lipinski definition) is 3. The molecule has 0 bridgehead atoms. The summed E-state index contributed by atoms with van der Waals surface area (Å²) in [7, 11) is 0. The minimum Gasteiger partial charge on any atom is -0.356 e. The van der Waals surface area contributed by atoms with Gasteiger partial charge in [-0.2, -0.15) is 0 Å². The van der Waals surface area contributed by atoms with Crippen LogP contribution in [0.5, 0.6) is 0 Å². The van der Waals surface area contributed by atoms with Crippen LogP contribution in [0.15, 0.2) is 12.3 Å². The molecule has 1 saturated heterocycles. The highest BCUT2D eigenvalue weighted by Gasteiger charge is 2.27. The van der Waals surface area contributed by atoms with E-state index in [4.69, 9.17) is 4.98 Å². The quantitative estimate of drug-likeness (QED) is 0.894. The Labute approximate surface area is 130 Å². The van der Waals surface area contributed by atoms with Gasteiger partial charge in [0.2, 0.25) is 0 Å². The molecule has 118 valence electrons. The molecule has 3 nitrogen and oxygen atoms in total. The van der Waals surface area contributed by atoms with Crippen LogP contribution in [0.4, 0.5) is 5.82 Å². The predicted molar refractivity (Wildman–Crippen MR) is 90.7 cm³/mol. The zero-order chi connectivity index (χ0) is 15.5. The van der Waals surface area contributed by atoms with Gasteiger partial charge in [-0.1, -0.05) is 27.7 Å². The standard InChI is InChI=1S/C18H31N3/c1-14(2)10-19-11-16-9-15(3)17(20-12-16)21-8-6-7-18(4,5)13-21/h9,12,14,19H,6-8,10-11,13H2,1-5H3. The van der Waals surface area contributed by atoms with E-state index in [1.54, 1.807) is 0 Å². The third-order valence-corrected chi connectivity index (χ3v) is 4.19. The number of piperidine rings is 1. The number of nitrogens with one attached hydrogen (secondary N) is 1. The molecular formula is C18H31N3. The van der Waals surface area contributed by atoms with Gasteiger partial charge in [0.1, 0.15) is 5.82 Å². The van der Waals surface area contributed by atoms with Crippen molar-refractivity contribution in [3.63, 3.8) is 0 Å². The molecule has 21 heavy (non-hydrogen) atoms. The average Bonchev–Trinajstić information content (AvgIpc) is 2.37. The fourth-order valence-corrected chi connectivity index (χ4v) is 3.16. The van der Waals surface area contributed by atoms with E-state index in [0.717, 1.165) is 26.2 Å². The van der Waals surface area contributed by atoms with Crippen LogP contribution in [-0.4, -0.2) is 24.6 Å². The molecule has 1 fully saturated rings. The first-order chi connectivity index (χ1) is 9.87. The van der Waals surface area contributed by atoms with Crippen molar-refractivity contribution in [1.29, 1.82) is 0 Å². The molecule has 1 aliphatic heterocycles. The first kappa shape index (κ1) is 16.3. The molecule has 1 N–H and O–H groups in total. The zero-order valence-electron chi connectivity index (χ0n) is 14.4. The Morgan fingerprint density at radius 2 is 2.14 bits per heavy atom. The summed E-state index contributed by atoms with van der Waals surface area (Å²) in [5.74, 6) is 1.87.